The van der Waals surface area contributed by atoms with E-state index in [4.69, 9.17) is 0 Å². The Bertz CT molecular complexity index is 1210. The van der Waals surface area contributed by atoms with Crippen molar-refractivity contribution in [1.29, 1.82) is 0 Å². The highest BCUT2D eigenvalue weighted by Crippen LogP contribution is 2.15. The third-order valence-corrected chi connectivity index (χ3v) is 5.12. The molecule has 1 heterocycles. The van der Waals surface area contributed by atoms with Gasteiger partial charge in [-0.1, -0.05) is 61.5 Å². The number of hydrogen-bond acceptors (Lipinski definition) is 3. The number of carbonyl (C=O) groups is 1. The van der Waals surface area contributed by atoms with Gasteiger partial charge in [0.2, 0.25) is 0 Å². The number of amides is 1. The van der Waals surface area contributed by atoms with Gasteiger partial charge in [-0.25, -0.2) is 4.98 Å². The Labute approximate surface area is 175 Å². The van der Waals surface area contributed by atoms with Crippen LogP contribution in [0.25, 0.3) is 10.9 Å². The van der Waals surface area contributed by atoms with Crippen molar-refractivity contribution < 1.29 is 4.79 Å². The summed E-state index contributed by atoms with van der Waals surface area (Å²) in [7, 11) is 0. The van der Waals surface area contributed by atoms with Crippen LogP contribution in [0.4, 0.5) is 0 Å². The molecule has 0 atom stereocenters. The topological polar surface area (TPSA) is 66.1 Å². The van der Waals surface area contributed by atoms with Crippen LogP contribution in [0.3, 0.4) is 0 Å². The molecule has 0 aliphatic heterocycles. The number of aryl methyl sites for hydroxylation is 1. The van der Waals surface area contributed by atoms with Crippen LogP contribution in [0.2, 0.25) is 0 Å². The van der Waals surface area contributed by atoms with Gasteiger partial charge in [0.25, 0.3) is 11.5 Å². The van der Waals surface area contributed by atoms with E-state index in [0.29, 0.717) is 28.8 Å². The number of fused-ring (bicyclic) bond motifs is 1. The number of hydrogen-bond donors (Lipinski definition) is 1. The summed E-state index contributed by atoms with van der Waals surface area (Å²) in [6, 6.07) is 24.7. The highest BCUT2D eigenvalue weighted by molar-refractivity contribution is 5.94. The van der Waals surface area contributed by atoms with Crippen LogP contribution >= 0.6 is 0 Å². The van der Waals surface area contributed by atoms with E-state index in [1.807, 2.05) is 66.7 Å². The van der Waals surface area contributed by atoms with Crippen molar-refractivity contribution in [2.45, 2.75) is 26.4 Å². The number of aromatic amines is 1. The van der Waals surface area contributed by atoms with Crippen molar-refractivity contribution in [3.05, 3.63) is 112 Å². The van der Waals surface area contributed by atoms with Crippen molar-refractivity contribution in [2.24, 2.45) is 0 Å². The van der Waals surface area contributed by atoms with Crippen molar-refractivity contribution >= 4 is 16.8 Å². The lowest BCUT2D eigenvalue weighted by Gasteiger charge is -2.23. The Hall–Kier alpha value is -3.73. The van der Waals surface area contributed by atoms with Gasteiger partial charge in [-0.2, -0.15) is 0 Å². The second-order valence-corrected chi connectivity index (χ2v) is 7.23. The molecule has 5 nitrogen and oxygen atoms in total. The second kappa shape index (κ2) is 8.74. The maximum absolute atomic E-state index is 13.3. The molecule has 1 N–H and O–H groups in total. The van der Waals surface area contributed by atoms with Crippen LogP contribution in [0.1, 0.15) is 34.2 Å². The second-order valence-electron chi connectivity index (χ2n) is 7.23. The van der Waals surface area contributed by atoms with Crippen molar-refractivity contribution in [3.63, 3.8) is 0 Å². The van der Waals surface area contributed by atoms with Crippen molar-refractivity contribution in [2.75, 3.05) is 0 Å². The van der Waals surface area contributed by atoms with Crippen LogP contribution < -0.4 is 5.56 Å². The van der Waals surface area contributed by atoms with Crippen LogP contribution in [0, 0.1) is 0 Å². The molecule has 1 amide bonds. The zero-order valence-corrected chi connectivity index (χ0v) is 16.8. The molecule has 0 spiro atoms. The molecule has 0 aliphatic carbocycles. The fourth-order valence-corrected chi connectivity index (χ4v) is 3.46. The molecule has 4 aromatic rings. The van der Waals surface area contributed by atoms with Gasteiger partial charge in [-0.3, -0.25) is 9.59 Å². The molecule has 0 aliphatic rings. The largest absolute Gasteiger partial charge is 0.327 e. The standard InChI is InChI=1S/C25H23N3O2/c1-2-18-12-14-20(15-13-18)25(30)28(16-19-8-4-3-5-9-19)17-23-26-22-11-7-6-10-21(22)24(29)27-23/h3-15H,2,16-17H2,1H3,(H,26,27,29). The summed E-state index contributed by atoms with van der Waals surface area (Å²) in [5.74, 6) is 0.366. The van der Waals surface area contributed by atoms with Gasteiger partial charge in [0, 0.05) is 12.1 Å². The highest BCUT2D eigenvalue weighted by atomic mass is 16.2. The molecule has 30 heavy (non-hydrogen) atoms. The molecule has 0 fully saturated rings. The number of carbonyl (C=O) groups excluding carboxylic acids is 1. The molecule has 1 aromatic heterocycles. The zero-order valence-electron chi connectivity index (χ0n) is 16.8. The molecular weight excluding hydrogens is 374 g/mol. The molecule has 5 heteroatoms. The van der Waals surface area contributed by atoms with Crippen molar-refractivity contribution in [3.8, 4) is 0 Å². The van der Waals surface area contributed by atoms with E-state index in [-0.39, 0.29) is 18.0 Å². The number of nitrogens with zero attached hydrogens (tertiary/aromatic N) is 2. The number of nitrogens with one attached hydrogen (secondary N) is 1. The number of H-pyrrole nitrogens is 1. The number of para-hydroxylation sites is 1. The predicted molar refractivity (Wildman–Crippen MR) is 118 cm³/mol. The van der Waals surface area contributed by atoms with Crippen LogP contribution in [-0.2, 0) is 19.5 Å². The van der Waals surface area contributed by atoms with Gasteiger partial charge < -0.3 is 9.88 Å². The monoisotopic (exact) mass is 397 g/mol. The molecule has 0 unspecified atom stereocenters. The number of rotatable bonds is 6. The van der Waals surface area contributed by atoms with Gasteiger partial charge in [0.1, 0.15) is 5.82 Å². The fourth-order valence-electron chi connectivity index (χ4n) is 3.46. The summed E-state index contributed by atoms with van der Waals surface area (Å²) in [4.78, 5) is 34.9. The minimum atomic E-state index is -0.199. The first-order valence-corrected chi connectivity index (χ1v) is 10.0. The first kappa shape index (κ1) is 19.6. The Kier molecular flexibility index (Phi) is 5.70. The van der Waals surface area contributed by atoms with Crippen LogP contribution in [-0.4, -0.2) is 20.8 Å². The average molecular weight is 397 g/mol. The number of aromatic nitrogens is 2. The zero-order chi connectivity index (χ0) is 20.9. The van der Waals surface area contributed by atoms with E-state index in [9.17, 15) is 9.59 Å². The minimum Gasteiger partial charge on any atom is -0.327 e. The molecule has 3 aromatic carbocycles. The van der Waals surface area contributed by atoms with E-state index in [1.54, 1.807) is 17.0 Å². The van der Waals surface area contributed by atoms with Gasteiger partial charge in [0.15, 0.2) is 0 Å². The molecule has 0 radical (unpaired) electrons. The lowest BCUT2D eigenvalue weighted by molar-refractivity contribution is 0.0725. The predicted octanol–water partition coefficient (Wildman–Crippen LogP) is 4.33. The fraction of sp³-hybridized carbons (Fsp3) is 0.160. The highest BCUT2D eigenvalue weighted by Gasteiger charge is 2.18. The van der Waals surface area contributed by atoms with E-state index >= 15 is 0 Å². The lowest BCUT2D eigenvalue weighted by atomic mass is 10.1. The minimum absolute atomic E-state index is 0.0997. The number of benzene rings is 3. The van der Waals surface area contributed by atoms with E-state index in [2.05, 4.69) is 16.9 Å². The Morgan fingerprint density at radius 2 is 1.57 bits per heavy atom. The summed E-state index contributed by atoms with van der Waals surface area (Å²) in [5, 5.41) is 0.539. The Balaban J connectivity index is 1.67. The van der Waals surface area contributed by atoms with Gasteiger partial charge in [-0.15, -0.1) is 0 Å². The maximum Gasteiger partial charge on any atom is 0.258 e. The van der Waals surface area contributed by atoms with Gasteiger partial charge in [-0.05, 0) is 41.8 Å². The molecule has 4 rings (SSSR count). The quantitative estimate of drug-likeness (QED) is 0.527. The first-order chi connectivity index (χ1) is 14.6. The summed E-state index contributed by atoms with van der Waals surface area (Å²) in [6.07, 6.45) is 0.921. The third kappa shape index (κ3) is 4.30. The maximum atomic E-state index is 13.3. The lowest BCUT2D eigenvalue weighted by Crippen LogP contribution is -2.31. The smallest absolute Gasteiger partial charge is 0.258 e. The molecule has 150 valence electrons. The van der Waals surface area contributed by atoms with E-state index in [0.717, 1.165) is 12.0 Å². The molecular formula is C25H23N3O2. The summed E-state index contributed by atoms with van der Waals surface area (Å²) in [5.41, 5.74) is 3.23. The average Bonchev–Trinajstić information content (AvgIpc) is 2.79. The third-order valence-electron chi connectivity index (χ3n) is 5.12. The molecule has 0 bridgehead atoms. The van der Waals surface area contributed by atoms with Crippen molar-refractivity contribution in [1.82, 2.24) is 14.9 Å². The van der Waals surface area contributed by atoms with E-state index in [1.165, 1.54) is 5.56 Å². The van der Waals surface area contributed by atoms with Gasteiger partial charge in [0.05, 0.1) is 17.4 Å². The van der Waals surface area contributed by atoms with Crippen LogP contribution in [0.5, 0.6) is 0 Å². The summed E-state index contributed by atoms with van der Waals surface area (Å²) >= 11 is 0. The molecule has 0 saturated heterocycles. The van der Waals surface area contributed by atoms with E-state index < -0.39 is 0 Å². The van der Waals surface area contributed by atoms with Gasteiger partial charge >= 0.3 is 0 Å². The Morgan fingerprint density at radius 3 is 2.30 bits per heavy atom. The van der Waals surface area contributed by atoms with Crippen LogP contribution in [0.15, 0.2) is 83.7 Å². The SMILES string of the molecule is CCc1ccc(C(=O)N(Cc2ccccc2)Cc2nc3ccccc3c(=O)[nH]2)cc1. The normalized spacial score (nSPS) is 10.8. The summed E-state index contributed by atoms with van der Waals surface area (Å²) in [6.45, 7) is 2.72. The molecule has 0 saturated carbocycles. The Morgan fingerprint density at radius 1 is 0.867 bits per heavy atom. The summed E-state index contributed by atoms with van der Waals surface area (Å²) < 4.78 is 0. The first-order valence-electron chi connectivity index (χ1n) is 10.0.